The van der Waals surface area contributed by atoms with Crippen LogP contribution in [0.1, 0.15) is 10.4 Å². The second kappa shape index (κ2) is 7.55. The first kappa shape index (κ1) is 18.4. The molecule has 8 heteroatoms. The molecule has 0 aromatic heterocycles. The Labute approximate surface area is 160 Å². The molecule has 2 aromatic rings. The summed E-state index contributed by atoms with van der Waals surface area (Å²) in [4.78, 5) is 28.8. The smallest absolute Gasteiger partial charge is 0.265 e. The van der Waals surface area contributed by atoms with E-state index in [0.717, 1.165) is 12.1 Å². The number of carbonyl (C=O) groups excluding carboxylic acids is 2. The fourth-order valence-corrected chi connectivity index (χ4v) is 3.35. The molecule has 1 fully saturated rings. The number of carbonyl (C=O) groups is 2. The highest BCUT2D eigenvalue weighted by Crippen LogP contribution is 2.34. The van der Waals surface area contributed by atoms with Crippen LogP contribution in [0.25, 0.3) is 0 Å². The average molecular weight is 388 g/mol. The fourth-order valence-electron chi connectivity index (χ4n) is 3.35. The van der Waals surface area contributed by atoms with Crippen LogP contribution in [0.2, 0.25) is 0 Å². The molecule has 1 unspecified atom stereocenters. The third-order valence-corrected chi connectivity index (χ3v) is 4.78. The Morgan fingerprint density at radius 2 is 1.79 bits per heavy atom. The predicted molar refractivity (Wildman–Crippen MR) is 96.3 cm³/mol. The zero-order valence-electron chi connectivity index (χ0n) is 14.9. The standard InChI is InChI=1S/C20H18F2N2O4/c21-13-5-6-14(15(22)11-13)19(25)24-12-18(20(26)23-7-9-27-10-8-23)28-17-4-2-1-3-16(17)24/h1-6,11,18H,7-10,12H2. The van der Waals surface area contributed by atoms with Gasteiger partial charge in [-0.15, -0.1) is 0 Å². The summed E-state index contributed by atoms with van der Waals surface area (Å²) < 4.78 is 38.5. The molecule has 2 heterocycles. The van der Waals surface area contributed by atoms with Crippen molar-refractivity contribution >= 4 is 17.5 Å². The van der Waals surface area contributed by atoms with Gasteiger partial charge >= 0.3 is 0 Å². The van der Waals surface area contributed by atoms with E-state index >= 15 is 0 Å². The SMILES string of the molecule is O=C(C1CN(C(=O)c2ccc(F)cc2F)c2ccccc2O1)N1CCOCC1. The molecule has 0 aliphatic carbocycles. The molecular weight excluding hydrogens is 370 g/mol. The molecule has 2 aromatic carbocycles. The highest BCUT2D eigenvalue weighted by molar-refractivity contribution is 6.08. The Balaban J connectivity index is 1.65. The number of anilines is 1. The minimum atomic E-state index is -0.954. The van der Waals surface area contributed by atoms with Crippen LogP contribution < -0.4 is 9.64 Å². The number of benzene rings is 2. The summed E-state index contributed by atoms with van der Waals surface area (Å²) in [5.74, 6) is -2.28. The van der Waals surface area contributed by atoms with E-state index in [4.69, 9.17) is 9.47 Å². The van der Waals surface area contributed by atoms with E-state index in [1.807, 2.05) is 0 Å². The summed E-state index contributed by atoms with van der Waals surface area (Å²) in [5, 5.41) is 0. The zero-order chi connectivity index (χ0) is 19.7. The largest absolute Gasteiger partial charge is 0.476 e. The van der Waals surface area contributed by atoms with Crippen molar-refractivity contribution in [1.82, 2.24) is 4.90 Å². The quantitative estimate of drug-likeness (QED) is 0.792. The molecule has 2 aliphatic rings. The van der Waals surface area contributed by atoms with Gasteiger partial charge in [0.15, 0.2) is 6.10 Å². The second-order valence-corrected chi connectivity index (χ2v) is 6.55. The third-order valence-electron chi connectivity index (χ3n) is 4.78. The number of nitrogens with zero attached hydrogens (tertiary/aromatic N) is 2. The molecule has 4 rings (SSSR count). The molecule has 146 valence electrons. The third kappa shape index (κ3) is 3.43. The lowest BCUT2D eigenvalue weighted by atomic mass is 10.1. The maximum atomic E-state index is 14.2. The molecule has 6 nitrogen and oxygen atoms in total. The summed E-state index contributed by atoms with van der Waals surface area (Å²) >= 11 is 0. The first-order chi connectivity index (χ1) is 13.5. The van der Waals surface area contributed by atoms with E-state index in [0.29, 0.717) is 43.8 Å². The molecule has 0 spiro atoms. The molecule has 2 amide bonds. The van der Waals surface area contributed by atoms with E-state index in [1.165, 1.54) is 4.90 Å². The van der Waals surface area contributed by atoms with Crippen molar-refractivity contribution in [3.63, 3.8) is 0 Å². The number of hydrogen-bond acceptors (Lipinski definition) is 4. The van der Waals surface area contributed by atoms with Crippen molar-refractivity contribution in [2.75, 3.05) is 37.7 Å². The van der Waals surface area contributed by atoms with Crippen LogP contribution in [0.5, 0.6) is 5.75 Å². The Hall–Kier alpha value is -3.00. The van der Waals surface area contributed by atoms with Gasteiger partial charge in [0, 0.05) is 19.2 Å². The average Bonchev–Trinajstić information content (AvgIpc) is 2.72. The van der Waals surface area contributed by atoms with E-state index in [2.05, 4.69) is 0 Å². The van der Waals surface area contributed by atoms with Gasteiger partial charge in [0.25, 0.3) is 11.8 Å². The number of para-hydroxylation sites is 2. The number of hydrogen-bond donors (Lipinski definition) is 0. The van der Waals surface area contributed by atoms with Gasteiger partial charge in [-0.05, 0) is 24.3 Å². The van der Waals surface area contributed by atoms with Crippen molar-refractivity contribution < 1.29 is 27.8 Å². The molecule has 28 heavy (non-hydrogen) atoms. The molecule has 0 radical (unpaired) electrons. The van der Waals surface area contributed by atoms with Gasteiger partial charge in [-0.3, -0.25) is 9.59 Å². The molecule has 1 saturated heterocycles. The van der Waals surface area contributed by atoms with E-state index in [-0.39, 0.29) is 18.0 Å². The lowest BCUT2D eigenvalue weighted by Gasteiger charge is -2.37. The van der Waals surface area contributed by atoms with Crippen LogP contribution in [0, 0.1) is 11.6 Å². The van der Waals surface area contributed by atoms with Gasteiger partial charge in [-0.2, -0.15) is 0 Å². The molecule has 1 atom stereocenters. The Morgan fingerprint density at radius 1 is 1.04 bits per heavy atom. The minimum absolute atomic E-state index is 0.0666. The maximum absolute atomic E-state index is 14.2. The molecular formula is C20H18F2N2O4. The molecule has 0 N–H and O–H groups in total. The van der Waals surface area contributed by atoms with Gasteiger partial charge in [0.2, 0.25) is 0 Å². The van der Waals surface area contributed by atoms with Gasteiger partial charge in [-0.1, -0.05) is 12.1 Å². The Kier molecular flexibility index (Phi) is 4.95. The van der Waals surface area contributed by atoms with Crippen molar-refractivity contribution in [3.05, 3.63) is 59.7 Å². The topological polar surface area (TPSA) is 59.1 Å². The number of fused-ring (bicyclic) bond motifs is 1. The summed E-state index contributed by atoms with van der Waals surface area (Å²) in [6.45, 7) is 1.71. The van der Waals surface area contributed by atoms with Crippen LogP contribution in [-0.2, 0) is 9.53 Å². The van der Waals surface area contributed by atoms with Crippen molar-refractivity contribution in [3.8, 4) is 5.75 Å². The second-order valence-electron chi connectivity index (χ2n) is 6.55. The van der Waals surface area contributed by atoms with Crippen LogP contribution in [0.3, 0.4) is 0 Å². The van der Waals surface area contributed by atoms with E-state index in [9.17, 15) is 18.4 Å². The van der Waals surface area contributed by atoms with Crippen molar-refractivity contribution in [2.45, 2.75) is 6.10 Å². The Bertz CT molecular complexity index is 915. The normalized spacial score (nSPS) is 19.0. The summed E-state index contributed by atoms with van der Waals surface area (Å²) in [5.41, 5.74) is 0.165. The van der Waals surface area contributed by atoms with Crippen molar-refractivity contribution in [1.29, 1.82) is 0 Å². The number of ether oxygens (including phenoxy) is 2. The summed E-state index contributed by atoms with van der Waals surface area (Å²) in [6, 6.07) is 9.54. The van der Waals surface area contributed by atoms with Gasteiger partial charge in [0.1, 0.15) is 17.4 Å². The van der Waals surface area contributed by atoms with Crippen LogP contribution in [0.4, 0.5) is 14.5 Å². The summed E-state index contributed by atoms with van der Waals surface area (Å²) in [7, 11) is 0. The Morgan fingerprint density at radius 3 is 2.54 bits per heavy atom. The van der Waals surface area contributed by atoms with Gasteiger partial charge in [-0.25, -0.2) is 8.78 Å². The zero-order valence-corrected chi connectivity index (χ0v) is 14.9. The molecule has 0 saturated carbocycles. The lowest BCUT2D eigenvalue weighted by molar-refractivity contribution is -0.142. The van der Waals surface area contributed by atoms with Gasteiger partial charge < -0.3 is 19.3 Å². The highest BCUT2D eigenvalue weighted by atomic mass is 19.1. The highest BCUT2D eigenvalue weighted by Gasteiger charge is 2.37. The van der Waals surface area contributed by atoms with Crippen LogP contribution in [-0.4, -0.2) is 55.7 Å². The summed E-state index contributed by atoms with van der Waals surface area (Å²) in [6.07, 6.45) is -0.916. The lowest BCUT2D eigenvalue weighted by Crippen LogP contribution is -2.54. The fraction of sp³-hybridized carbons (Fsp3) is 0.300. The number of morpholine rings is 1. The predicted octanol–water partition coefficient (Wildman–Crippen LogP) is 2.23. The van der Waals surface area contributed by atoms with Gasteiger partial charge in [0.05, 0.1) is 31.0 Å². The maximum Gasteiger partial charge on any atom is 0.265 e. The van der Waals surface area contributed by atoms with Crippen molar-refractivity contribution in [2.24, 2.45) is 0 Å². The van der Waals surface area contributed by atoms with Crippen LogP contribution >= 0.6 is 0 Å². The number of halogens is 2. The van der Waals surface area contributed by atoms with E-state index in [1.54, 1.807) is 29.2 Å². The molecule has 2 aliphatic heterocycles. The van der Waals surface area contributed by atoms with Crippen LogP contribution in [0.15, 0.2) is 42.5 Å². The number of rotatable bonds is 2. The minimum Gasteiger partial charge on any atom is -0.476 e. The number of amides is 2. The first-order valence-electron chi connectivity index (χ1n) is 8.94. The first-order valence-corrected chi connectivity index (χ1v) is 8.94. The van der Waals surface area contributed by atoms with E-state index < -0.39 is 23.6 Å². The molecule has 0 bridgehead atoms. The monoisotopic (exact) mass is 388 g/mol.